The number of fused-ring (bicyclic) bond motifs is 1. The van der Waals surface area contributed by atoms with E-state index in [0.29, 0.717) is 6.42 Å². The molecule has 0 saturated carbocycles. The summed E-state index contributed by atoms with van der Waals surface area (Å²) in [4.78, 5) is 52.6. The molecule has 36 heavy (non-hydrogen) atoms. The summed E-state index contributed by atoms with van der Waals surface area (Å²) in [5.41, 5.74) is 7.71. The number of rotatable bonds is 13. The number of carbonyl (C=O) groups is 4. The van der Waals surface area contributed by atoms with E-state index in [9.17, 15) is 34.5 Å². The summed E-state index contributed by atoms with van der Waals surface area (Å²) < 4.78 is 0. The van der Waals surface area contributed by atoms with Crippen molar-refractivity contribution in [2.24, 2.45) is 11.7 Å². The number of carboxylic acid groups (broad SMARTS) is 1. The minimum Gasteiger partial charge on any atom is -0.480 e. The Bertz CT molecular complexity index is 1070. The van der Waals surface area contributed by atoms with E-state index in [0.717, 1.165) is 16.5 Å². The van der Waals surface area contributed by atoms with Crippen molar-refractivity contribution < 1.29 is 34.5 Å². The van der Waals surface area contributed by atoms with E-state index in [2.05, 4.69) is 20.9 Å². The zero-order chi connectivity index (χ0) is 27.0. The van der Waals surface area contributed by atoms with Gasteiger partial charge in [-0.1, -0.05) is 38.5 Å². The number of aromatic amines is 1. The lowest BCUT2D eigenvalue weighted by Crippen LogP contribution is -2.61. The van der Waals surface area contributed by atoms with Crippen molar-refractivity contribution in [2.75, 3.05) is 6.61 Å². The number of para-hydroxylation sites is 1. The molecular formula is C24H35N5O7. The number of aliphatic carboxylic acids is 1. The molecule has 12 heteroatoms. The number of aliphatic hydroxyl groups excluding tert-OH is 2. The molecule has 0 aliphatic rings. The lowest BCUT2D eigenvalue weighted by atomic mass is 9.98. The van der Waals surface area contributed by atoms with Gasteiger partial charge in [0.05, 0.1) is 18.8 Å². The Hall–Kier alpha value is -3.48. The molecule has 6 atom stereocenters. The topological polar surface area (TPSA) is 207 Å². The predicted molar refractivity (Wildman–Crippen MR) is 132 cm³/mol. The van der Waals surface area contributed by atoms with Gasteiger partial charge in [-0.05, 0) is 30.9 Å². The van der Waals surface area contributed by atoms with Crippen molar-refractivity contribution in [3.63, 3.8) is 0 Å². The second-order valence-electron chi connectivity index (χ2n) is 8.85. The van der Waals surface area contributed by atoms with Crippen LogP contribution in [0.1, 0.15) is 32.8 Å². The number of amides is 3. The zero-order valence-corrected chi connectivity index (χ0v) is 20.5. The van der Waals surface area contributed by atoms with Gasteiger partial charge in [-0.3, -0.25) is 14.4 Å². The third-order valence-corrected chi connectivity index (χ3v) is 6.11. The maximum Gasteiger partial charge on any atom is 0.326 e. The van der Waals surface area contributed by atoms with Crippen molar-refractivity contribution in [2.45, 2.75) is 63.9 Å². The van der Waals surface area contributed by atoms with Crippen molar-refractivity contribution >= 4 is 34.6 Å². The molecule has 0 bridgehead atoms. The van der Waals surface area contributed by atoms with E-state index in [-0.39, 0.29) is 6.42 Å². The highest BCUT2D eigenvalue weighted by molar-refractivity contribution is 5.94. The number of hydrogen-bond donors (Lipinski definition) is 8. The van der Waals surface area contributed by atoms with Gasteiger partial charge in [-0.25, -0.2) is 4.79 Å². The van der Waals surface area contributed by atoms with Crippen LogP contribution in [-0.4, -0.2) is 80.9 Å². The Morgan fingerprint density at radius 2 is 1.64 bits per heavy atom. The van der Waals surface area contributed by atoms with Gasteiger partial charge in [0, 0.05) is 17.1 Å². The van der Waals surface area contributed by atoms with Gasteiger partial charge in [-0.15, -0.1) is 0 Å². The molecule has 1 aromatic carbocycles. The number of carboxylic acids is 1. The Morgan fingerprint density at radius 3 is 2.22 bits per heavy atom. The number of nitrogens with one attached hydrogen (secondary N) is 4. The van der Waals surface area contributed by atoms with E-state index in [1.54, 1.807) is 20.0 Å². The summed E-state index contributed by atoms with van der Waals surface area (Å²) in [5, 5.41) is 37.0. The molecule has 0 aliphatic carbocycles. The van der Waals surface area contributed by atoms with Gasteiger partial charge >= 0.3 is 5.97 Å². The van der Waals surface area contributed by atoms with Gasteiger partial charge in [0.15, 0.2) is 0 Å². The molecule has 0 saturated heterocycles. The maximum absolute atomic E-state index is 12.7. The number of hydrogen-bond acceptors (Lipinski definition) is 7. The first-order valence-electron chi connectivity index (χ1n) is 11.7. The van der Waals surface area contributed by atoms with Gasteiger partial charge in [0.1, 0.15) is 18.1 Å². The van der Waals surface area contributed by atoms with Crippen LogP contribution >= 0.6 is 0 Å². The summed E-state index contributed by atoms with van der Waals surface area (Å²) in [6.07, 6.45) is 0.990. The standard InChI is InChI=1S/C24H35N5O7/c1-4-12(2)19(24(35)36)28-23(34)20(13(3)31)29-22(33)18(11-30)27-21(32)16(25)9-14-10-26-17-8-6-5-7-15(14)17/h5-8,10,12-13,16,18-20,26,30-31H,4,9,11,25H2,1-3H3,(H,27,32)(H,28,34)(H,29,33)(H,35,36). The number of nitrogens with two attached hydrogens (primary N) is 1. The average molecular weight is 506 g/mol. The molecule has 3 amide bonds. The van der Waals surface area contributed by atoms with Crippen LogP contribution in [0.4, 0.5) is 0 Å². The van der Waals surface area contributed by atoms with Crippen molar-refractivity contribution in [1.29, 1.82) is 0 Å². The number of benzene rings is 1. The summed E-state index contributed by atoms with van der Waals surface area (Å²) in [6, 6.07) is 2.25. The smallest absolute Gasteiger partial charge is 0.326 e. The molecule has 1 aromatic heterocycles. The fourth-order valence-corrected chi connectivity index (χ4v) is 3.69. The SMILES string of the molecule is CCC(C)C(NC(=O)C(NC(=O)C(CO)NC(=O)C(N)Cc1c[nH]c2ccccc12)C(C)O)C(=O)O. The summed E-state index contributed by atoms with van der Waals surface area (Å²) in [6.45, 7) is 3.85. The number of aliphatic hydroxyl groups is 2. The Labute approximate surface area is 208 Å². The fraction of sp³-hybridized carbons (Fsp3) is 0.500. The van der Waals surface area contributed by atoms with E-state index in [1.807, 2.05) is 24.3 Å². The van der Waals surface area contributed by atoms with Crippen LogP contribution in [0.2, 0.25) is 0 Å². The quantitative estimate of drug-likeness (QED) is 0.169. The third kappa shape index (κ3) is 7.26. The normalized spacial score (nSPS) is 16.3. The largest absolute Gasteiger partial charge is 0.480 e. The van der Waals surface area contributed by atoms with Crippen LogP contribution in [0.5, 0.6) is 0 Å². The molecule has 6 unspecified atom stereocenters. The molecule has 0 radical (unpaired) electrons. The van der Waals surface area contributed by atoms with Crippen molar-refractivity contribution in [3.8, 4) is 0 Å². The van der Waals surface area contributed by atoms with Crippen LogP contribution in [0.25, 0.3) is 10.9 Å². The Balaban J connectivity index is 2.03. The molecule has 1 heterocycles. The monoisotopic (exact) mass is 505 g/mol. The summed E-state index contributed by atoms with van der Waals surface area (Å²) in [7, 11) is 0. The molecule has 2 rings (SSSR count). The zero-order valence-electron chi connectivity index (χ0n) is 20.5. The summed E-state index contributed by atoms with van der Waals surface area (Å²) >= 11 is 0. The summed E-state index contributed by atoms with van der Waals surface area (Å²) in [5.74, 6) is -4.21. The van der Waals surface area contributed by atoms with Gasteiger partial charge in [0.2, 0.25) is 17.7 Å². The van der Waals surface area contributed by atoms with Gasteiger partial charge < -0.3 is 42.0 Å². The van der Waals surface area contributed by atoms with Crippen molar-refractivity contribution in [1.82, 2.24) is 20.9 Å². The average Bonchev–Trinajstić information content (AvgIpc) is 3.25. The van der Waals surface area contributed by atoms with Gasteiger partial charge in [0.25, 0.3) is 0 Å². The highest BCUT2D eigenvalue weighted by atomic mass is 16.4. The van der Waals surface area contributed by atoms with E-state index in [1.165, 1.54) is 6.92 Å². The minimum atomic E-state index is -1.52. The first-order valence-corrected chi connectivity index (χ1v) is 11.7. The first kappa shape index (κ1) is 28.8. The van der Waals surface area contributed by atoms with Crippen LogP contribution in [0.15, 0.2) is 30.5 Å². The Kier molecular flexibility index (Phi) is 10.4. The van der Waals surface area contributed by atoms with E-state index >= 15 is 0 Å². The van der Waals surface area contributed by atoms with Crippen LogP contribution in [0, 0.1) is 5.92 Å². The lowest BCUT2D eigenvalue weighted by molar-refractivity contribution is -0.144. The number of H-pyrrole nitrogens is 1. The molecule has 2 aromatic rings. The maximum atomic E-state index is 12.7. The molecule has 9 N–H and O–H groups in total. The lowest BCUT2D eigenvalue weighted by Gasteiger charge is -2.27. The second-order valence-corrected chi connectivity index (χ2v) is 8.85. The highest BCUT2D eigenvalue weighted by Gasteiger charge is 2.34. The first-order chi connectivity index (χ1) is 17.0. The van der Waals surface area contributed by atoms with E-state index in [4.69, 9.17) is 5.73 Å². The molecular weight excluding hydrogens is 470 g/mol. The van der Waals surface area contributed by atoms with Crippen molar-refractivity contribution in [3.05, 3.63) is 36.0 Å². The van der Waals surface area contributed by atoms with Gasteiger partial charge in [-0.2, -0.15) is 0 Å². The van der Waals surface area contributed by atoms with Crippen LogP contribution < -0.4 is 21.7 Å². The van der Waals surface area contributed by atoms with E-state index < -0.39 is 66.5 Å². The Morgan fingerprint density at radius 1 is 1.00 bits per heavy atom. The molecule has 0 spiro atoms. The molecule has 12 nitrogen and oxygen atoms in total. The highest BCUT2D eigenvalue weighted by Crippen LogP contribution is 2.18. The number of aromatic nitrogens is 1. The predicted octanol–water partition coefficient (Wildman–Crippen LogP) is -1.00. The second kappa shape index (κ2) is 13.0. The van der Waals surface area contributed by atoms with Crippen LogP contribution in [0.3, 0.4) is 0 Å². The third-order valence-electron chi connectivity index (χ3n) is 6.11. The fourth-order valence-electron chi connectivity index (χ4n) is 3.69. The minimum absolute atomic E-state index is 0.167. The molecule has 0 fully saturated rings. The van der Waals surface area contributed by atoms with Crippen LogP contribution in [-0.2, 0) is 25.6 Å². The molecule has 198 valence electrons. The number of carbonyl (C=O) groups excluding carboxylic acids is 3. The molecule has 0 aliphatic heterocycles.